The molecule has 1 aliphatic rings. The van der Waals surface area contributed by atoms with Crippen LogP contribution in [0.15, 0.2) is 24.3 Å². The van der Waals surface area contributed by atoms with Crippen LogP contribution in [-0.4, -0.2) is 23.4 Å². The number of piperidine rings is 1. The molecular weight excluding hydrogens is 252 g/mol. The van der Waals surface area contributed by atoms with Gasteiger partial charge in [-0.1, -0.05) is 32.9 Å². The number of benzene rings is 1. The van der Waals surface area contributed by atoms with Crippen LogP contribution in [0.2, 0.25) is 0 Å². The van der Waals surface area contributed by atoms with Crippen LogP contribution in [0, 0.1) is 5.41 Å². The van der Waals surface area contributed by atoms with Gasteiger partial charge in [0, 0.05) is 18.5 Å². The van der Waals surface area contributed by atoms with E-state index in [0.717, 1.165) is 12.1 Å². The highest BCUT2D eigenvalue weighted by Gasteiger charge is 2.37. The molecule has 0 radical (unpaired) electrons. The van der Waals surface area contributed by atoms with Gasteiger partial charge in [-0.3, -0.25) is 14.5 Å². The van der Waals surface area contributed by atoms with Crippen LogP contribution < -0.4 is 5.32 Å². The van der Waals surface area contributed by atoms with E-state index in [9.17, 15) is 9.59 Å². The highest BCUT2D eigenvalue weighted by atomic mass is 16.2. The van der Waals surface area contributed by atoms with Crippen LogP contribution in [0.25, 0.3) is 0 Å². The minimum absolute atomic E-state index is 0.0936. The third kappa shape index (κ3) is 3.38. The van der Waals surface area contributed by atoms with Crippen molar-refractivity contribution in [3.63, 3.8) is 0 Å². The Kier molecular flexibility index (Phi) is 4.12. The van der Waals surface area contributed by atoms with E-state index in [1.807, 2.05) is 38.1 Å². The Hall–Kier alpha value is -1.84. The molecule has 2 amide bonds. The van der Waals surface area contributed by atoms with Gasteiger partial charge >= 0.3 is 0 Å². The van der Waals surface area contributed by atoms with E-state index in [1.165, 1.54) is 10.5 Å². The average Bonchev–Trinajstić information content (AvgIpc) is 2.37. The number of anilines is 1. The first-order valence-corrected chi connectivity index (χ1v) is 7.07. The molecule has 1 heterocycles. The van der Waals surface area contributed by atoms with Gasteiger partial charge in [-0.05, 0) is 29.5 Å². The first kappa shape index (κ1) is 14.6. The summed E-state index contributed by atoms with van der Waals surface area (Å²) in [5.74, 6) is -0.187. The zero-order valence-corrected chi connectivity index (χ0v) is 12.4. The molecule has 0 unspecified atom stereocenters. The first-order valence-electron chi connectivity index (χ1n) is 7.07. The van der Waals surface area contributed by atoms with Gasteiger partial charge in [-0.2, -0.15) is 0 Å². The fourth-order valence-corrected chi connectivity index (χ4v) is 2.42. The van der Waals surface area contributed by atoms with Crippen LogP contribution >= 0.6 is 0 Å². The molecule has 1 aromatic rings. The Bertz CT molecular complexity index is 486. The van der Waals surface area contributed by atoms with Crippen LogP contribution in [0.3, 0.4) is 0 Å². The second kappa shape index (κ2) is 5.65. The van der Waals surface area contributed by atoms with Crippen molar-refractivity contribution in [1.82, 2.24) is 4.90 Å². The average molecular weight is 274 g/mol. The highest BCUT2D eigenvalue weighted by molar-refractivity contribution is 5.98. The molecule has 4 nitrogen and oxygen atoms in total. The van der Waals surface area contributed by atoms with Crippen LogP contribution in [-0.2, 0) is 16.0 Å². The Labute approximate surface area is 120 Å². The summed E-state index contributed by atoms with van der Waals surface area (Å²) < 4.78 is 0. The highest BCUT2D eigenvalue weighted by Crippen LogP contribution is 2.31. The van der Waals surface area contributed by atoms with Crippen LogP contribution in [0.1, 0.15) is 39.2 Å². The smallest absolute Gasteiger partial charge is 0.231 e. The van der Waals surface area contributed by atoms with Gasteiger partial charge in [0.05, 0.1) is 6.67 Å². The summed E-state index contributed by atoms with van der Waals surface area (Å²) in [6.07, 6.45) is 1.85. The predicted octanol–water partition coefficient (Wildman–Crippen LogP) is 2.79. The number of imide groups is 1. The number of hydrogen-bond donors (Lipinski definition) is 1. The Morgan fingerprint density at radius 1 is 1.10 bits per heavy atom. The van der Waals surface area contributed by atoms with Crippen molar-refractivity contribution in [2.45, 2.75) is 40.0 Å². The number of likely N-dealkylation sites (tertiary alicyclic amines) is 1. The van der Waals surface area contributed by atoms with Gasteiger partial charge in [-0.25, -0.2) is 0 Å². The molecule has 4 heteroatoms. The van der Waals surface area contributed by atoms with E-state index >= 15 is 0 Å². The van der Waals surface area contributed by atoms with Gasteiger partial charge in [0.2, 0.25) is 11.8 Å². The number of amides is 2. The van der Waals surface area contributed by atoms with Gasteiger partial charge in [-0.15, -0.1) is 0 Å². The lowest BCUT2D eigenvalue weighted by atomic mass is 9.82. The molecule has 0 saturated carbocycles. The standard InChI is InChI=1S/C16H22N2O2/c1-4-12-5-7-13(8-6-12)17-11-18-14(19)9-16(2,3)10-15(18)20/h5-8,17H,4,9-11H2,1-3H3. The van der Waals surface area contributed by atoms with E-state index in [0.29, 0.717) is 12.8 Å². The molecule has 1 saturated heterocycles. The molecule has 1 aliphatic heterocycles. The van der Waals surface area contributed by atoms with Crippen molar-refractivity contribution < 1.29 is 9.59 Å². The van der Waals surface area contributed by atoms with Crippen molar-refractivity contribution in [2.24, 2.45) is 5.41 Å². The summed E-state index contributed by atoms with van der Waals surface area (Å²) in [5, 5.41) is 3.14. The first-order chi connectivity index (χ1) is 9.41. The quantitative estimate of drug-likeness (QED) is 0.859. The zero-order valence-electron chi connectivity index (χ0n) is 12.4. The van der Waals surface area contributed by atoms with Crippen molar-refractivity contribution in [1.29, 1.82) is 0 Å². The summed E-state index contributed by atoms with van der Waals surface area (Å²) in [6, 6.07) is 8.04. The minimum atomic E-state index is -0.215. The summed E-state index contributed by atoms with van der Waals surface area (Å²) in [5.41, 5.74) is 1.98. The maximum absolute atomic E-state index is 12.0. The van der Waals surface area contributed by atoms with Crippen molar-refractivity contribution in [3.05, 3.63) is 29.8 Å². The maximum atomic E-state index is 12.0. The third-order valence-electron chi connectivity index (χ3n) is 3.67. The van der Waals surface area contributed by atoms with Crippen LogP contribution in [0.5, 0.6) is 0 Å². The number of nitrogens with one attached hydrogen (secondary N) is 1. The summed E-state index contributed by atoms with van der Waals surface area (Å²) in [4.78, 5) is 25.3. The molecular formula is C16H22N2O2. The molecule has 0 atom stereocenters. The molecule has 1 aromatic carbocycles. The number of rotatable bonds is 4. The van der Waals surface area contributed by atoms with E-state index < -0.39 is 0 Å². The fourth-order valence-electron chi connectivity index (χ4n) is 2.42. The summed E-state index contributed by atoms with van der Waals surface area (Å²) in [7, 11) is 0. The fraction of sp³-hybridized carbons (Fsp3) is 0.500. The molecule has 20 heavy (non-hydrogen) atoms. The minimum Gasteiger partial charge on any atom is -0.367 e. The van der Waals surface area contributed by atoms with Gasteiger partial charge in [0.15, 0.2) is 0 Å². The summed E-state index contributed by atoms with van der Waals surface area (Å²) in [6.45, 7) is 6.27. The second-order valence-electron chi connectivity index (χ2n) is 6.12. The zero-order chi connectivity index (χ0) is 14.8. The van der Waals surface area contributed by atoms with E-state index in [2.05, 4.69) is 12.2 Å². The number of aryl methyl sites for hydroxylation is 1. The molecule has 1 fully saturated rings. The third-order valence-corrected chi connectivity index (χ3v) is 3.67. The Morgan fingerprint density at radius 3 is 2.15 bits per heavy atom. The lowest BCUT2D eigenvalue weighted by Crippen LogP contribution is -2.48. The van der Waals surface area contributed by atoms with E-state index in [4.69, 9.17) is 0 Å². The predicted molar refractivity (Wildman–Crippen MR) is 79.2 cm³/mol. The number of nitrogens with zero attached hydrogens (tertiary/aromatic N) is 1. The van der Waals surface area contributed by atoms with E-state index in [-0.39, 0.29) is 23.9 Å². The lowest BCUT2D eigenvalue weighted by molar-refractivity contribution is -0.151. The number of hydrogen-bond acceptors (Lipinski definition) is 3. The molecule has 0 aromatic heterocycles. The molecule has 1 N–H and O–H groups in total. The van der Waals surface area contributed by atoms with Gasteiger partial charge in [0.25, 0.3) is 0 Å². The molecule has 2 rings (SSSR count). The monoisotopic (exact) mass is 274 g/mol. The molecule has 0 bridgehead atoms. The molecule has 0 aliphatic carbocycles. The van der Waals surface area contributed by atoms with Gasteiger partial charge in [0.1, 0.15) is 0 Å². The maximum Gasteiger partial charge on any atom is 0.231 e. The molecule has 108 valence electrons. The van der Waals surface area contributed by atoms with Crippen molar-refractivity contribution in [3.8, 4) is 0 Å². The van der Waals surface area contributed by atoms with E-state index in [1.54, 1.807) is 0 Å². The Morgan fingerprint density at radius 2 is 1.65 bits per heavy atom. The number of carbonyl (C=O) groups excluding carboxylic acids is 2. The van der Waals surface area contributed by atoms with Crippen LogP contribution in [0.4, 0.5) is 5.69 Å². The largest absolute Gasteiger partial charge is 0.367 e. The normalized spacial score (nSPS) is 18.2. The molecule has 0 spiro atoms. The van der Waals surface area contributed by atoms with Crippen molar-refractivity contribution >= 4 is 17.5 Å². The number of carbonyl (C=O) groups is 2. The van der Waals surface area contributed by atoms with Crippen molar-refractivity contribution in [2.75, 3.05) is 12.0 Å². The topological polar surface area (TPSA) is 49.4 Å². The Balaban J connectivity index is 1.96. The van der Waals surface area contributed by atoms with Gasteiger partial charge < -0.3 is 5.32 Å². The summed E-state index contributed by atoms with van der Waals surface area (Å²) >= 11 is 0. The SMILES string of the molecule is CCc1ccc(NCN2C(=O)CC(C)(C)CC2=O)cc1. The second-order valence-corrected chi connectivity index (χ2v) is 6.12. The lowest BCUT2D eigenvalue weighted by Gasteiger charge is -2.34.